The van der Waals surface area contributed by atoms with Crippen LogP contribution in [0, 0.1) is 13.8 Å². The van der Waals surface area contributed by atoms with Gasteiger partial charge in [-0.15, -0.1) is 0 Å². The Bertz CT molecular complexity index is 550. The molecule has 2 atom stereocenters. The van der Waals surface area contributed by atoms with Crippen LogP contribution >= 0.6 is 0 Å². The lowest BCUT2D eigenvalue weighted by atomic mass is 9.99. The van der Waals surface area contributed by atoms with Gasteiger partial charge in [0.05, 0.1) is 5.54 Å². The molecule has 1 aromatic rings. The summed E-state index contributed by atoms with van der Waals surface area (Å²) in [5.41, 5.74) is 3.35. The number of nitrogens with zero attached hydrogens (tertiary/aromatic N) is 1. The summed E-state index contributed by atoms with van der Waals surface area (Å²) in [5.74, 6) is 0.272. The van der Waals surface area contributed by atoms with Crippen molar-refractivity contribution in [2.24, 2.45) is 0 Å². The smallest absolute Gasteiger partial charge is 0.244 e. The Hall–Kier alpha value is -1.35. The highest BCUT2D eigenvalue weighted by atomic mass is 16.2. The molecule has 1 saturated carbocycles. The molecule has 2 fully saturated rings. The van der Waals surface area contributed by atoms with Crippen LogP contribution in [-0.4, -0.2) is 22.4 Å². The van der Waals surface area contributed by atoms with E-state index in [1.54, 1.807) is 0 Å². The van der Waals surface area contributed by atoms with Gasteiger partial charge in [0.2, 0.25) is 5.91 Å². The molecular weight excluding hydrogens is 248 g/mol. The summed E-state index contributed by atoms with van der Waals surface area (Å²) in [7, 11) is 0. The van der Waals surface area contributed by atoms with E-state index >= 15 is 0 Å². The molecule has 1 aliphatic heterocycles. The first-order chi connectivity index (χ1) is 9.46. The van der Waals surface area contributed by atoms with Gasteiger partial charge in [-0.05, 0) is 51.2 Å². The fourth-order valence-electron chi connectivity index (χ4n) is 3.10. The van der Waals surface area contributed by atoms with Gasteiger partial charge in [-0.3, -0.25) is 10.1 Å². The number of amides is 1. The molecule has 2 unspecified atom stereocenters. The summed E-state index contributed by atoms with van der Waals surface area (Å²) < 4.78 is 0. The summed E-state index contributed by atoms with van der Waals surface area (Å²) in [6.45, 7) is 8.37. The predicted molar refractivity (Wildman–Crippen MR) is 80.4 cm³/mol. The molecule has 1 aromatic carbocycles. The SMILES string of the molecule is CCC1(C)NC(c2cc(C)ccc2C)N(C2CC2)C1=O. The molecule has 108 valence electrons. The van der Waals surface area contributed by atoms with Gasteiger partial charge in [-0.2, -0.15) is 0 Å². The Morgan fingerprint density at radius 2 is 2.05 bits per heavy atom. The Labute approximate surface area is 121 Å². The molecule has 3 nitrogen and oxygen atoms in total. The average Bonchev–Trinajstić information content (AvgIpc) is 3.21. The third-order valence-corrected chi connectivity index (χ3v) is 4.82. The van der Waals surface area contributed by atoms with Gasteiger partial charge in [0, 0.05) is 6.04 Å². The van der Waals surface area contributed by atoms with Gasteiger partial charge in [-0.1, -0.05) is 30.7 Å². The molecule has 1 aliphatic carbocycles. The quantitative estimate of drug-likeness (QED) is 0.917. The summed E-state index contributed by atoms with van der Waals surface area (Å²) in [5, 5.41) is 3.60. The van der Waals surface area contributed by atoms with Gasteiger partial charge in [0.15, 0.2) is 0 Å². The molecule has 0 radical (unpaired) electrons. The van der Waals surface area contributed by atoms with E-state index in [0.717, 1.165) is 19.3 Å². The fraction of sp³-hybridized carbons (Fsp3) is 0.588. The second kappa shape index (κ2) is 4.59. The monoisotopic (exact) mass is 272 g/mol. The number of nitrogens with one attached hydrogen (secondary N) is 1. The topological polar surface area (TPSA) is 32.3 Å². The zero-order valence-corrected chi connectivity index (χ0v) is 12.9. The molecule has 0 aromatic heterocycles. The van der Waals surface area contributed by atoms with E-state index in [4.69, 9.17) is 0 Å². The van der Waals surface area contributed by atoms with E-state index in [9.17, 15) is 4.79 Å². The second-order valence-electron chi connectivity index (χ2n) is 6.54. The minimum absolute atomic E-state index is 0.0415. The number of hydrogen-bond acceptors (Lipinski definition) is 2. The molecule has 1 amide bonds. The lowest BCUT2D eigenvalue weighted by molar-refractivity contribution is -0.133. The zero-order chi connectivity index (χ0) is 14.5. The van der Waals surface area contributed by atoms with E-state index in [0.29, 0.717) is 6.04 Å². The van der Waals surface area contributed by atoms with Crippen LogP contribution in [0.2, 0.25) is 0 Å². The maximum absolute atomic E-state index is 12.8. The van der Waals surface area contributed by atoms with Crippen LogP contribution in [0.3, 0.4) is 0 Å². The van der Waals surface area contributed by atoms with Crippen molar-refractivity contribution in [3.05, 3.63) is 34.9 Å². The van der Waals surface area contributed by atoms with Crippen LogP contribution in [0.4, 0.5) is 0 Å². The number of rotatable bonds is 3. The van der Waals surface area contributed by atoms with Gasteiger partial charge in [0.25, 0.3) is 0 Å². The molecule has 1 saturated heterocycles. The molecule has 3 rings (SSSR count). The highest BCUT2D eigenvalue weighted by molar-refractivity contribution is 5.89. The minimum atomic E-state index is -0.413. The summed E-state index contributed by atoms with van der Waals surface area (Å²) >= 11 is 0. The maximum atomic E-state index is 12.8. The first-order valence-corrected chi connectivity index (χ1v) is 7.64. The van der Waals surface area contributed by atoms with Crippen molar-refractivity contribution in [1.82, 2.24) is 10.2 Å². The lowest BCUT2D eigenvalue weighted by Crippen LogP contribution is -2.43. The number of hydrogen-bond donors (Lipinski definition) is 1. The van der Waals surface area contributed by atoms with Crippen LogP contribution in [0.25, 0.3) is 0 Å². The molecule has 1 N–H and O–H groups in total. The van der Waals surface area contributed by atoms with Crippen molar-refractivity contribution >= 4 is 5.91 Å². The molecular formula is C17H24N2O. The molecule has 2 aliphatic rings. The maximum Gasteiger partial charge on any atom is 0.244 e. The molecule has 3 heteroatoms. The molecule has 1 heterocycles. The highest BCUT2D eigenvalue weighted by Gasteiger charge is 2.52. The normalized spacial score (nSPS) is 30.1. The van der Waals surface area contributed by atoms with Crippen molar-refractivity contribution < 1.29 is 4.79 Å². The van der Waals surface area contributed by atoms with Crippen LogP contribution in [0.1, 0.15) is 56.0 Å². The summed E-state index contributed by atoms with van der Waals surface area (Å²) in [6, 6.07) is 6.95. The van der Waals surface area contributed by atoms with E-state index in [1.807, 2.05) is 6.92 Å². The van der Waals surface area contributed by atoms with Crippen LogP contribution < -0.4 is 5.32 Å². The van der Waals surface area contributed by atoms with Crippen molar-refractivity contribution in [3.63, 3.8) is 0 Å². The number of carbonyl (C=O) groups excluding carboxylic acids is 1. The van der Waals surface area contributed by atoms with E-state index in [-0.39, 0.29) is 12.1 Å². The fourth-order valence-corrected chi connectivity index (χ4v) is 3.10. The second-order valence-corrected chi connectivity index (χ2v) is 6.54. The predicted octanol–water partition coefficient (Wildman–Crippen LogP) is 3.06. The van der Waals surface area contributed by atoms with Crippen LogP contribution in [0.5, 0.6) is 0 Å². The van der Waals surface area contributed by atoms with Gasteiger partial charge < -0.3 is 4.90 Å². The van der Waals surface area contributed by atoms with Crippen molar-refractivity contribution in [3.8, 4) is 0 Å². The molecule has 0 bridgehead atoms. The van der Waals surface area contributed by atoms with E-state index in [1.165, 1.54) is 16.7 Å². The Morgan fingerprint density at radius 3 is 2.65 bits per heavy atom. The third-order valence-electron chi connectivity index (χ3n) is 4.82. The molecule has 0 spiro atoms. The van der Waals surface area contributed by atoms with Gasteiger partial charge in [0.1, 0.15) is 6.17 Å². The van der Waals surface area contributed by atoms with E-state index in [2.05, 4.69) is 49.2 Å². The lowest BCUT2D eigenvalue weighted by Gasteiger charge is -2.26. The Morgan fingerprint density at radius 1 is 1.35 bits per heavy atom. The number of carbonyl (C=O) groups is 1. The number of benzene rings is 1. The minimum Gasteiger partial charge on any atom is -0.318 e. The summed E-state index contributed by atoms with van der Waals surface area (Å²) in [6.07, 6.45) is 3.17. The number of aryl methyl sites for hydroxylation is 2. The Kier molecular flexibility index (Phi) is 3.13. The van der Waals surface area contributed by atoms with Crippen molar-refractivity contribution in [2.75, 3.05) is 0 Å². The van der Waals surface area contributed by atoms with E-state index < -0.39 is 5.54 Å². The zero-order valence-electron chi connectivity index (χ0n) is 12.9. The first kappa shape index (κ1) is 13.6. The third kappa shape index (κ3) is 2.05. The largest absolute Gasteiger partial charge is 0.318 e. The first-order valence-electron chi connectivity index (χ1n) is 7.64. The average molecular weight is 272 g/mol. The van der Waals surface area contributed by atoms with Crippen LogP contribution in [-0.2, 0) is 4.79 Å². The highest BCUT2D eigenvalue weighted by Crippen LogP contribution is 2.41. The van der Waals surface area contributed by atoms with Crippen molar-refractivity contribution in [1.29, 1.82) is 0 Å². The van der Waals surface area contributed by atoms with Crippen LogP contribution in [0.15, 0.2) is 18.2 Å². The summed E-state index contributed by atoms with van der Waals surface area (Å²) in [4.78, 5) is 14.9. The van der Waals surface area contributed by atoms with Gasteiger partial charge >= 0.3 is 0 Å². The standard InChI is InChI=1S/C17H24N2O/c1-5-17(4)16(20)19(13-8-9-13)15(18-17)14-10-11(2)6-7-12(14)3/h6-7,10,13,15,18H,5,8-9H2,1-4H3. The Balaban J connectivity index is 2.02. The van der Waals surface area contributed by atoms with Gasteiger partial charge in [-0.25, -0.2) is 0 Å². The molecule has 20 heavy (non-hydrogen) atoms. The van der Waals surface area contributed by atoms with Crippen molar-refractivity contribution in [2.45, 2.75) is 64.7 Å².